The molecule has 92 valence electrons. The van der Waals surface area contributed by atoms with E-state index >= 15 is 0 Å². The first-order valence-electron chi connectivity index (χ1n) is 5.89. The summed E-state index contributed by atoms with van der Waals surface area (Å²) < 4.78 is 2.87. The zero-order valence-electron chi connectivity index (χ0n) is 9.80. The molecule has 0 radical (unpaired) electrons. The largest absolute Gasteiger partial charge is 0.268 e. The Hall–Kier alpha value is -1.76. The topological polar surface area (TPSA) is 47.8 Å². The molecule has 0 fully saturated rings. The van der Waals surface area contributed by atoms with E-state index in [0.717, 1.165) is 17.1 Å². The smallest absolute Gasteiger partial charge is 0.267 e. The molecule has 0 amide bonds. The predicted molar refractivity (Wildman–Crippen MR) is 80.7 cm³/mol. The predicted octanol–water partition coefficient (Wildman–Crippen LogP) is 2.29. The summed E-state index contributed by atoms with van der Waals surface area (Å²) in [7, 11) is 0. The van der Waals surface area contributed by atoms with Gasteiger partial charge < -0.3 is 0 Å². The Morgan fingerprint density at radius 1 is 1.26 bits per heavy atom. The van der Waals surface area contributed by atoms with Crippen LogP contribution in [0.2, 0.25) is 0 Å². The van der Waals surface area contributed by atoms with Crippen molar-refractivity contribution >= 4 is 33.6 Å². The van der Waals surface area contributed by atoms with Gasteiger partial charge >= 0.3 is 0 Å². The van der Waals surface area contributed by atoms with Crippen LogP contribution in [0.1, 0.15) is 11.4 Å². The van der Waals surface area contributed by atoms with E-state index in [9.17, 15) is 4.79 Å². The molecular formula is C14H8IN3O. The van der Waals surface area contributed by atoms with Crippen LogP contribution >= 0.6 is 22.6 Å². The lowest BCUT2D eigenvalue weighted by Crippen LogP contribution is -2.20. The molecule has 0 saturated heterocycles. The van der Waals surface area contributed by atoms with Gasteiger partial charge in [-0.15, -0.1) is 0 Å². The van der Waals surface area contributed by atoms with Gasteiger partial charge in [-0.2, -0.15) is 0 Å². The molecule has 1 aliphatic rings. The van der Waals surface area contributed by atoms with E-state index in [1.807, 2.05) is 12.1 Å². The summed E-state index contributed by atoms with van der Waals surface area (Å²) in [4.78, 5) is 21.2. The Morgan fingerprint density at radius 3 is 3.05 bits per heavy atom. The maximum absolute atomic E-state index is 12.5. The van der Waals surface area contributed by atoms with E-state index in [0.29, 0.717) is 17.5 Å². The fourth-order valence-electron chi connectivity index (χ4n) is 2.51. The quantitative estimate of drug-likeness (QED) is 0.452. The summed E-state index contributed by atoms with van der Waals surface area (Å²) >= 11 is 2.28. The van der Waals surface area contributed by atoms with Crippen molar-refractivity contribution in [3.05, 3.63) is 61.8 Å². The van der Waals surface area contributed by atoms with Crippen LogP contribution in [-0.2, 0) is 6.42 Å². The zero-order valence-corrected chi connectivity index (χ0v) is 12.0. The Balaban J connectivity index is 2.13. The van der Waals surface area contributed by atoms with Gasteiger partial charge in [0.2, 0.25) is 0 Å². The Kier molecular flexibility index (Phi) is 2.26. The molecule has 4 nitrogen and oxygen atoms in total. The van der Waals surface area contributed by atoms with Crippen LogP contribution in [0.15, 0.2) is 41.3 Å². The molecule has 4 rings (SSSR count). The maximum Gasteiger partial charge on any atom is 0.267 e. The molecule has 0 unspecified atom stereocenters. The normalized spacial score (nSPS) is 12.5. The van der Waals surface area contributed by atoms with E-state index in [2.05, 4.69) is 38.6 Å². The highest BCUT2D eigenvalue weighted by molar-refractivity contribution is 14.1. The minimum Gasteiger partial charge on any atom is -0.268 e. The fourth-order valence-corrected chi connectivity index (χ4v) is 3.07. The Labute approximate surface area is 122 Å². The first kappa shape index (κ1) is 11.1. The summed E-state index contributed by atoms with van der Waals surface area (Å²) in [6.45, 7) is 0. The average Bonchev–Trinajstić information content (AvgIpc) is 2.76. The van der Waals surface area contributed by atoms with Crippen molar-refractivity contribution in [3.8, 4) is 5.69 Å². The van der Waals surface area contributed by atoms with Crippen molar-refractivity contribution in [2.45, 2.75) is 6.42 Å². The lowest BCUT2D eigenvalue weighted by atomic mass is 10.1. The lowest BCUT2D eigenvalue weighted by Gasteiger charge is -2.05. The SMILES string of the molecule is O=c1c2cccnc2nc2n1-c1ccc(I)cc1C2. The molecule has 2 aromatic heterocycles. The summed E-state index contributed by atoms with van der Waals surface area (Å²) in [5, 5.41) is 0.567. The van der Waals surface area contributed by atoms with Gasteiger partial charge in [0.1, 0.15) is 5.82 Å². The van der Waals surface area contributed by atoms with Crippen molar-refractivity contribution in [2.24, 2.45) is 0 Å². The van der Waals surface area contributed by atoms with E-state index in [1.165, 1.54) is 3.57 Å². The molecule has 0 atom stereocenters. The monoisotopic (exact) mass is 361 g/mol. The van der Waals surface area contributed by atoms with E-state index < -0.39 is 0 Å². The second kappa shape index (κ2) is 3.86. The number of halogens is 1. The number of hydrogen-bond donors (Lipinski definition) is 0. The molecule has 0 bridgehead atoms. The van der Waals surface area contributed by atoms with Gasteiger partial charge in [0.05, 0.1) is 11.1 Å². The number of nitrogens with zero attached hydrogens (tertiary/aromatic N) is 3. The van der Waals surface area contributed by atoms with Gasteiger partial charge in [0.25, 0.3) is 5.56 Å². The van der Waals surface area contributed by atoms with E-state index in [1.54, 1.807) is 22.9 Å². The van der Waals surface area contributed by atoms with Gasteiger partial charge in [-0.05, 0) is 58.5 Å². The molecule has 0 N–H and O–H groups in total. The number of aromatic nitrogens is 3. The van der Waals surface area contributed by atoms with Crippen LogP contribution in [0.3, 0.4) is 0 Å². The molecule has 0 saturated carbocycles. The molecule has 3 aromatic rings. The van der Waals surface area contributed by atoms with Crippen LogP contribution in [0.4, 0.5) is 0 Å². The number of pyridine rings is 1. The molecule has 19 heavy (non-hydrogen) atoms. The van der Waals surface area contributed by atoms with Gasteiger partial charge in [-0.3, -0.25) is 9.36 Å². The molecule has 3 heterocycles. The Bertz CT molecular complexity index is 885. The summed E-state index contributed by atoms with van der Waals surface area (Å²) in [6, 6.07) is 9.63. The van der Waals surface area contributed by atoms with Gasteiger partial charge in [0, 0.05) is 16.2 Å². The second-order valence-corrected chi connectivity index (χ2v) is 5.74. The first-order chi connectivity index (χ1) is 9.24. The van der Waals surface area contributed by atoms with E-state index in [-0.39, 0.29) is 5.56 Å². The molecule has 0 aliphatic carbocycles. The molecule has 5 heteroatoms. The number of benzene rings is 1. The maximum atomic E-state index is 12.5. The van der Waals surface area contributed by atoms with Crippen molar-refractivity contribution in [1.29, 1.82) is 0 Å². The number of rotatable bonds is 0. The highest BCUT2D eigenvalue weighted by Crippen LogP contribution is 2.27. The zero-order chi connectivity index (χ0) is 13.0. The van der Waals surface area contributed by atoms with Gasteiger partial charge in [-0.25, -0.2) is 9.97 Å². The Morgan fingerprint density at radius 2 is 2.16 bits per heavy atom. The van der Waals surface area contributed by atoms with Crippen LogP contribution in [0.5, 0.6) is 0 Å². The molecule has 1 aliphatic heterocycles. The minimum atomic E-state index is -0.0342. The number of fused-ring (bicyclic) bond motifs is 4. The highest BCUT2D eigenvalue weighted by Gasteiger charge is 2.22. The summed E-state index contributed by atoms with van der Waals surface area (Å²) in [6.07, 6.45) is 2.35. The van der Waals surface area contributed by atoms with Crippen LogP contribution in [0, 0.1) is 3.57 Å². The standard InChI is InChI=1S/C14H8IN3O/c15-9-3-4-11-8(6-9)7-12-17-13-10(2-1-5-16-13)14(19)18(11)12/h1-6H,7H2. The van der Waals surface area contributed by atoms with Crippen LogP contribution in [-0.4, -0.2) is 14.5 Å². The minimum absolute atomic E-state index is 0.0342. The number of hydrogen-bond acceptors (Lipinski definition) is 3. The summed E-state index contributed by atoms with van der Waals surface area (Å²) in [5.74, 6) is 0.771. The second-order valence-electron chi connectivity index (χ2n) is 4.49. The first-order valence-corrected chi connectivity index (χ1v) is 6.97. The van der Waals surface area contributed by atoms with Crippen LogP contribution < -0.4 is 5.56 Å². The third kappa shape index (κ3) is 1.54. The molecule has 0 spiro atoms. The highest BCUT2D eigenvalue weighted by atomic mass is 127. The third-order valence-corrected chi connectivity index (χ3v) is 4.02. The molecule has 1 aromatic carbocycles. The van der Waals surface area contributed by atoms with Crippen molar-refractivity contribution in [2.75, 3.05) is 0 Å². The van der Waals surface area contributed by atoms with Crippen LogP contribution in [0.25, 0.3) is 16.7 Å². The van der Waals surface area contributed by atoms with Crippen molar-refractivity contribution < 1.29 is 0 Å². The van der Waals surface area contributed by atoms with Gasteiger partial charge in [-0.1, -0.05) is 0 Å². The van der Waals surface area contributed by atoms with Gasteiger partial charge in [0.15, 0.2) is 5.65 Å². The third-order valence-electron chi connectivity index (χ3n) is 3.34. The van der Waals surface area contributed by atoms with E-state index in [4.69, 9.17) is 0 Å². The lowest BCUT2D eigenvalue weighted by molar-refractivity contribution is 0.908. The molecular weight excluding hydrogens is 353 g/mol. The average molecular weight is 361 g/mol. The van der Waals surface area contributed by atoms with Crippen molar-refractivity contribution in [1.82, 2.24) is 14.5 Å². The summed E-state index contributed by atoms with van der Waals surface area (Å²) in [5.41, 5.74) is 2.58. The van der Waals surface area contributed by atoms with Crippen molar-refractivity contribution in [3.63, 3.8) is 0 Å². The fraction of sp³-hybridized carbons (Fsp3) is 0.0714.